The van der Waals surface area contributed by atoms with Gasteiger partial charge < -0.3 is 25.4 Å². The van der Waals surface area contributed by atoms with E-state index in [0.717, 1.165) is 66.0 Å². The molecule has 0 bridgehead atoms. The zero-order valence-corrected chi connectivity index (χ0v) is 24.7. The number of fused-ring (bicyclic) bond motifs is 3. The lowest BCUT2D eigenvalue weighted by Crippen LogP contribution is -2.47. The third-order valence-electron chi connectivity index (χ3n) is 8.69. The Morgan fingerprint density at radius 1 is 1.14 bits per heavy atom. The number of ether oxygens (including phenoxy) is 2. The van der Waals surface area contributed by atoms with Crippen molar-refractivity contribution in [2.24, 2.45) is 11.1 Å². The Kier molecular flexibility index (Phi) is 8.04. The molecule has 1 unspecified atom stereocenters. The van der Waals surface area contributed by atoms with Crippen molar-refractivity contribution in [3.63, 3.8) is 0 Å². The Bertz CT molecular complexity index is 1470. The molecule has 1 aliphatic carbocycles. The van der Waals surface area contributed by atoms with Crippen LogP contribution in [0.15, 0.2) is 36.5 Å². The number of piperidine rings is 1. The Morgan fingerprint density at radius 3 is 2.64 bits per heavy atom. The zero-order valence-electron chi connectivity index (χ0n) is 23.9. The van der Waals surface area contributed by atoms with Crippen LogP contribution in [0.2, 0.25) is 0 Å². The Hall–Kier alpha value is -3.70. The minimum Gasteiger partial charge on any atom is -0.445 e. The number of nitrogens with one attached hydrogen (secondary N) is 1. The Balaban J connectivity index is 1.17. The van der Waals surface area contributed by atoms with Crippen molar-refractivity contribution in [1.82, 2.24) is 14.7 Å². The van der Waals surface area contributed by atoms with Gasteiger partial charge in [0.05, 0.1) is 16.8 Å². The summed E-state index contributed by atoms with van der Waals surface area (Å²) in [5.41, 5.74) is 9.48. The van der Waals surface area contributed by atoms with Gasteiger partial charge in [0.25, 0.3) is 5.91 Å². The predicted molar refractivity (Wildman–Crippen MR) is 159 cm³/mol. The molecule has 1 atom stereocenters. The minimum atomic E-state index is -0.709. The summed E-state index contributed by atoms with van der Waals surface area (Å²) >= 11 is 1.33. The van der Waals surface area contributed by atoms with Crippen LogP contribution >= 0.6 is 11.3 Å². The van der Waals surface area contributed by atoms with Crippen LogP contribution in [0.3, 0.4) is 0 Å². The van der Waals surface area contributed by atoms with Crippen molar-refractivity contribution < 1.29 is 23.9 Å². The summed E-state index contributed by atoms with van der Waals surface area (Å²) in [6, 6.07) is 9.55. The van der Waals surface area contributed by atoms with Gasteiger partial charge in [-0.05, 0) is 62.5 Å². The molecule has 3 aromatic rings. The van der Waals surface area contributed by atoms with Gasteiger partial charge >= 0.3 is 6.09 Å². The summed E-state index contributed by atoms with van der Waals surface area (Å²) in [4.78, 5) is 42.0. The topological polar surface area (TPSA) is 129 Å². The number of nitrogens with two attached hydrogens (primary N) is 1. The van der Waals surface area contributed by atoms with Gasteiger partial charge in [-0.3, -0.25) is 9.59 Å². The molecule has 0 spiro atoms. The molecule has 6 rings (SSSR count). The summed E-state index contributed by atoms with van der Waals surface area (Å²) in [6.45, 7) is 3.67. The summed E-state index contributed by atoms with van der Waals surface area (Å²) in [7, 11) is 0. The SMILES string of the molecule is CC1(C(=O)Nc2c(C(N)=O)sc3c2CCCc2nn(C4CCCCO4)cc2-3)CCN(C(=O)OCc2ccccc2)CC1. The van der Waals surface area contributed by atoms with E-state index in [-0.39, 0.29) is 24.8 Å². The van der Waals surface area contributed by atoms with Crippen LogP contribution in [0, 0.1) is 5.41 Å². The van der Waals surface area contributed by atoms with E-state index >= 15 is 0 Å². The maximum Gasteiger partial charge on any atom is 0.410 e. The van der Waals surface area contributed by atoms with Crippen LogP contribution in [-0.4, -0.2) is 52.3 Å². The van der Waals surface area contributed by atoms with Crippen molar-refractivity contribution in [3.8, 4) is 10.4 Å². The van der Waals surface area contributed by atoms with Crippen LogP contribution in [0.25, 0.3) is 10.4 Å². The van der Waals surface area contributed by atoms with Gasteiger partial charge in [0.2, 0.25) is 5.91 Å². The van der Waals surface area contributed by atoms with Crippen molar-refractivity contribution in [2.75, 3.05) is 25.0 Å². The Labute approximate surface area is 249 Å². The molecule has 222 valence electrons. The first-order valence-corrected chi connectivity index (χ1v) is 15.6. The lowest BCUT2D eigenvalue weighted by Gasteiger charge is -2.37. The molecule has 2 aliphatic heterocycles. The molecule has 1 aromatic carbocycles. The number of amides is 3. The largest absolute Gasteiger partial charge is 0.445 e. The first-order valence-electron chi connectivity index (χ1n) is 14.7. The highest BCUT2D eigenvalue weighted by Gasteiger charge is 2.40. The highest BCUT2D eigenvalue weighted by atomic mass is 32.1. The van der Waals surface area contributed by atoms with E-state index in [1.165, 1.54) is 11.3 Å². The van der Waals surface area contributed by atoms with Crippen molar-refractivity contribution >= 4 is 34.9 Å². The highest BCUT2D eigenvalue weighted by molar-refractivity contribution is 7.18. The quantitative estimate of drug-likeness (QED) is 0.402. The van der Waals surface area contributed by atoms with Crippen molar-refractivity contribution in [1.29, 1.82) is 0 Å². The van der Waals surface area contributed by atoms with Gasteiger partial charge in [0, 0.05) is 36.3 Å². The second-order valence-corrected chi connectivity index (χ2v) is 12.7. The maximum absolute atomic E-state index is 13.8. The zero-order chi connectivity index (χ0) is 29.3. The molecule has 2 saturated heterocycles. The van der Waals surface area contributed by atoms with Crippen molar-refractivity contribution in [3.05, 3.63) is 58.2 Å². The van der Waals surface area contributed by atoms with Gasteiger partial charge in [0.1, 0.15) is 17.7 Å². The first kappa shape index (κ1) is 28.4. The number of rotatable bonds is 6. The summed E-state index contributed by atoms with van der Waals surface area (Å²) < 4.78 is 13.4. The molecule has 2 aromatic heterocycles. The van der Waals surface area contributed by atoms with E-state index in [2.05, 4.69) is 5.32 Å². The average Bonchev–Trinajstić information content (AvgIpc) is 3.54. The van der Waals surface area contributed by atoms with Gasteiger partial charge in [-0.2, -0.15) is 5.10 Å². The summed E-state index contributed by atoms with van der Waals surface area (Å²) in [6.07, 6.45) is 7.98. The van der Waals surface area contributed by atoms with Gasteiger partial charge in [-0.25, -0.2) is 9.48 Å². The molecule has 3 N–H and O–H groups in total. The molecular weight excluding hydrogens is 554 g/mol. The molecule has 3 amide bonds. The van der Waals surface area contributed by atoms with Crippen LogP contribution in [0.5, 0.6) is 0 Å². The standard InChI is InChI=1S/C31H37N5O5S/c1-31(13-15-35(16-14-31)30(39)41-19-20-8-3-2-4-9-20)29(38)33-25-21-10-7-11-23-22(26(21)42-27(25)28(32)37)18-36(34-23)24-12-5-6-17-40-24/h2-4,8-9,18,24H,5-7,10-17,19H2,1H3,(H2,32,37)(H,33,38). The number of likely N-dealkylation sites (tertiary alicyclic amines) is 1. The molecule has 3 aliphatic rings. The number of carbonyl (C=O) groups excluding carboxylic acids is 3. The van der Waals surface area contributed by atoms with Gasteiger partial charge in [-0.15, -0.1) is 11.3 Å². The number of carbonyl (C=O) groups is 3. The molecule has 2 fully saturated rings. The fourth-order valence-corrected chi connectivity index (χ4v) is 7.22. The van der Waals surface area contributed by atoms with E-state index in [4.69, 9.17) is 20.3 Å². The lowest BCUT2D eigenvalue weighted by atomic mass is 9.79. The molecule has 10 nitrogen and oxygen atoms in total. The molecule has 11 heteroatoms. The fourth-order valence-electron chi connectivity index (χ4n) is 6.03. The molecule has 4 heterocycles. The second kappa shape index (κ2) is 11.9. The summed E-state index contributed by atoms with van der Waals surface area (Å²) in [5.74, 6) is -0.729. The second-order valence-electron chi connectivity index (χ2n) is 11.7. The average molecular weight is 592 g/mol. The number of hydrogen-bond acceptors (Lipinski definition) is 7. The minimum absolute atomic E-state index is 0.0784. The normalized spacial score (nSPS) is 19.7. The van der Waals surface area contributed by atoms with Crippen LogP contribution in [0.1, 0.15) is 78.2 Å². The van der Waals surface area contributed by atoms with E-state index < -0.39 is 11.3 Å². The predicted octanol–water partition coefficient (Wildman–Crippen LogP) is 5.28. The van der Waals surface area contributed by atoms with Gasteiger partial charge in [0.15, 0.2) is 0 Å². The third-order valence-corrected chi connectivity index (χ3v) is 9.97. The monoisotopic (exact) mass is 591 g/mol. The van der Waals surface area contributed by atoms with Crippen LogP contribution < -0.4 is 11.1 Å². The molecule has 0 radical (unpaired) electrons. The highest BCUT2D eigenvalue weighted by Crippen LogP contribution is 2.45. The van der Waals surface area contributed by atoms with Crippen molar-refractivity contribution in [2.45, 2.75) is 71.1 Å². The Morgan fingerprint density at radius 2 is 1.93 bits per heavy atom. The number of primary amides is 1. The van der Waals surface area contributed by atoms with E-state index in [9.17, 15) is 14.4 Å². The number of aromatic nitrogens is 2. The third kappa shape index (κ3) is 5.67. The number of thiophene rings is 1. The van der Waals surface area contributed by atoms with Crippen LogP contribution in [-0.2, 0) is 33.7 Å². The number of anilines is 1. The molecule has 42 heavy (non-hydrogen) atoms. The van der Waals surface area contributed by atoms with E-state index in [0.29, 0.717) is 42.9 Å². The number of hydrogen-bond donors (Lipinski definition) is 2. The first-order chi connectivity index (χ1) is 20.3. The molecule has 0 saturated carbocycles. The van der Waals surface area contributed by atoms with E-state index in [1.807, 2.05) is 48.1 Å². The number of benzene rings is 1. The number of nitrogens with zero attached hydrogens (tertiary/aromatic N) is 3. The summed E-state index contributed by atoms with van der Waals surface area (Å²) in [5, 5.41) is 7.98. The fraction of sp³-hybridized carbons (Fsp3) is 0.484. The van der Waals surface area contributed by atoms with E-state index in [1.54, 1.807) is 4.90 Å². The molecular formula is C31H37N5O5S. The van der Waals surface area contributed by atoms with Crippen LogP contribution in [0.4, 0.5) is 10.5 Å². The lowest BCUT2D eigenvalue weighted by molar-refractivity contribution is -0.127. The smallest absolute Gasteiger partial charge is 0.410 e. The maximum atomic E-state index is 13.8. The van der Waals surface area contributed by atoms with Gasteiger partial charge in [-0.1, -0.05) is 37.3 Å². The number of aryl methyl sites for hydroxylation is 1.